The Morgan fingerprint density at radius 1 is 1.29 bits per heavy atom. The fourth-order valence-corrected chi connectivity index (χ4v) is 3.35. The molecule has 9 heteroatoms. The summed E-state index contributed by atoms with van der Waals surface area (Å²) in [5, 5.41) is 13.8. The number of nitro groups is 1. The van der Waals surface area contributed by atoms with Crippen molar-refractivity contribution in [3.63, 3.8) is 0 Å². The predicted octanol–water partition coefficient (Wildman–Crippen LogP) is 2.93. The maximum Gasteiger partial charge on any atom is 0.270 e. The first kappa shape index (κ1) is 19.8. The molecule has 28 heavy (non-hydrogen) atoms. The fourth-order valence-electron chi connectivity index (χ4n) is 3.15. The summed E-state index contributed by atoms with van der Waals surface area (Å²) in [6.07, 6.45) is 4.70. The van der Waals surface area contributed by atoms with Crippen LogP contribution in [-0.2, 0) is 0 Å². The van der Waals surface area contributed by atoms with Crippen LogP contribution in [0.3, 0.4) is 0 Å². The van der Waals surface area contributed by atoms with Crippen LogP contribution in [-0.4, -0.2) is 46.3 Å². The van der Waals surface area contributed by atoms with Crippen molar-refractivity contribution in [3.05, 3.63) is 69.0 Å². The summed E-state index contributed by atoms with van der Waals surface area (Å²) in [6.45, 7) is 1.63. The Balaban J connectivity index is 1.52. The zero-order valence-electron chi connectivity index (χ0n) is 15.0. The van der Waals surface area contributed by atoms with Gasteiger partial charge in [-0.2, -0.15) is 0 Å². The summed E-state index contributed by atoms with van der Waals surface area (Å²) in [7, 11) is 0. The van der Waals surface area contributed by atoms with Crippen molar-refractivity contribution in [2.24, 2.45) is 5.92 Å². The van der Waals surface area contributed by atoms with Crippen LogP contribution in [0.5, 0.6) is 0 Å². The van der Waals surface area contributed by atoms with E-state index in [9.17, 15) is 19.7 Å². The van der Waals surface area contributed by atoms with Crippen molar-refractivity contribution in [1.29, 1.82) is 0 Å². The minimum absolute atomic E-state index is 0.0426. The molecule has 0 saturated carbocycles. The van der Waals surface area contributed by atoms with Crippen molar-refractivity contribution in [2.45, 2.75) is 12.8 Å². The van der Waals surface area contributed by atoms with Gasteiger partial charge in [-0.05, 0) is 37.0 Å². The minimum atomic E-state index is -0.567. The highest BCUT2D eigenvalue weighted by atomic mass is 35.5. The van der Waals surface area contributed by atoms with Gasteiger partial charge in [0.25, 0.3) is 17.5 Å². The van der Waals surface area contributed by atoms with Gasteiger partial charge in [0.2, 0.25) is 0 Å². The van der Waals surface area contributed by atoms with Gasteiger partial charge < -0.3 is 10.2 Å². The Kier molecular flexibility index (Phi) is 6.20. The molecular formula is C19H19ClN4O4. The number of hydrogen-bond donors (Lipinski definition) is 1. The quantitative estimate of drug-likeness (QED) is 0.611. The van der Waals surface area contributed by atoms with Crippen LogP contribution in [0.15, 0.2) is 42.7 Å². The standard InChI is InChI=1S/C19H19ClN4O4/c20-17-4-3-15(24(27)28)10-16(17)18(25)22-11-13-5-8-23(9-6-13)19(26)14-2-1-7-21-12-14/h1-4,7,10,12-13H,5-6,8-9,11H2,(H,22,25). The second-order valence-corrected chi connectivity index (χ2v) is 7.02. The van der Waals surface area contributed by atoms with E-state index in [2.05, 4.69) is 10.3 Å². The van der Waals surface area contributed by atoms with E-state index in [1.165, 1.54) is 18.2 Å². The van der Waals surface area contributed by atoms with Crippen LogP contribution in [0.4, 0.5) is 5.69 Å². The highest BCUT2D eigenvalue weighted by molar-refractivity contribution is 6.33. The third kappa shape index (κ3) is 4.64. The molecule has 1 aliphatic rings. The van der Waals surface area contributed by atoms with Gasteiger partial charge in [-0.15, -0.1) is 0 Å². The van der Waals surface area contributed by atoms with Crippen LogP contribution in [0.25, 0.3) is 0 Å². The number of amides is 2. The molecule has 2 heterocycles. The van der Waals surface area contributed by atoms with Crippen LogP contribution in [0.2, 0.25) is 5.02 Å². The number of rotatable bonds is 5. The lowest BCUT2D eigenvalue weighted by Gasteiger charge is -2.32. The first-order chi connectivity index (χ1) is 13.5. The van der Waals surface area contributed by atoms with Crippen molar-refractivity contribution >= 4 is 29.1 Å². The minimum Gasteiger partial charge on any atom is -0.352 e. The monoisotopic (exact) mass is 402 g/mol. The molecule has 1 aromatic carbocycles. The van der Waals surface area contributed by atoms with Gasteiger partial charge in [0, 0.05) is 44.2 Å². The molecule has 8 nitrogen and oxygen atoms in total. The number of aromatic nitrogens is 1. The van der Waals surface area contributed by atoms with Crippen molar-refractivity contribution in [1.82, 2.24) is 15.2 Å². The smallest absolute Gasteiger partial charge is 0.270 e. The number of nitrogens with zero attached hydrogens (tertiary/aromatic N) is 3. The van der Waals surface area contributed by atoms with Crippen LogP contribution in [0, 0.1) is 16.0 Å². The highest BCUT2D eigenvalue weighted by Crippen LogP contribution is 2.23. The molecule has 0 bridgehead atoms. The molecule has 1 fully saturated rings. The zero-order valence-corrected chi connectivity index (χ0v) is 15.8. The number of likely N-dealkylation sites (tertiary alicyclic amines) is 1. The highest BCUT2D eigenvalue weighted by Gasteiger charge is 2.24. The summed E-state index contributed by atoms with van der Waals surface area (Å²) in [6, 6.07) is 7.25. The van der Waals surface area contributed by atoms with Gasteiger partial charge in [-0.25, -0.2) is 0 Å². The molecule has 1 aliphatic heterocycles. The number of carbonyl (C=O) groups excluding carboxylic acids is 2. The number of nitrogens with one attached hydrogen (secondary N) is 1. The lowest BCUT2D eigenvalue weighted by atomic mass is 9.96. The molecule has 0 atom stereocenters. The lowest BCUT2D eigenvalue weighted by Crippen LogP contribution is -2.41. The predicted molar refractivity (Wildman–Crippen MR) is 103 cm³/mol. The molecule has 3 rings (SSSR count). The lowest BCUT2D eigenvalue weighted by molar-refractivity contribution is -0.384. The van der Waals surface area contributed by atoms with E-state index in [4.69, 9.17) is 11.6 Å². The normalized spacial score (nSPS) is 14.5. The van der Waals surface area contributed by atoms with E-state index in [1.54, 1.807) is 29.4 Å². The number of piperidine rings is 1. The third-order valence-electron chi connectivity index (χ3n) is 4.77. The van der Waals surface area contributed by atoms with Crippen LogP contribution in [0.1, 0.15) is 33.6 Å². The second kappa shape index (κ2) is 8.79. The number of halogens is 1. The molecule has 0 radical (unpaired) electrons. The van der Waals surface area contributed by atoms with Gasteiger partial charge in [0.1, 0.15) is 0 Å². The Morgan fingerprint density at radius 2 is 2.04 bits per heavy atom. The molecule has 2 amide bonds. The van der Waals surface area contributed by atoms with Gasteiger partial charge in [0.15, 0.2) is 0 Å². The molecule has 1 N–H and O–H groups in total. The Hall–Kier alpha value is -3.00. The molecule has 146 valence electrons. The molecule has 1 aromatic heterocycles. The zero-order chi connectivity index (χ0) is 20.1. The number of benzene rings is 1. The van der Waals surface area contributed by atoms with E-state index in [-0.39, 0.29) is 28.1 Å². The summed E-state index contributed by atoms with van der Waals surface area (Å²) < 4.78 is 0. The van der Waals surface area contributed by atoms with E-state index in [0.717, 1.165) is 12.8 Å². The Morgan fingerprint density at radius 3 is 2.68 bits per heavy atom. The second-order valence-electron chi connectivity index (χ2n) is 6.61. The average Bonchev–Trinajstić information content (AvgIpc) is 2.72. The maximum atomic E-state index is 12.4. The number of carbonyl (C=O) groups is 2. The first-order valence-corrected chi connectivity index (χ1v) is 9.25. The number of nitro benzene ring substituents is 1. The van der Waals surface area contributed by atoms with Gasteiger partial charge in [0.05, 0.1) is 21.1 Å². The third-order valence-corrected chi connectivity index (χ3v) is 5.10. The molecule has 0 unspecified atom stereocenters. The number of hydrogen-bond acceptors (Lipinski definition) is 5. The molecule has 2 aromatic rings. The number of pyridine rings is 1. The number of non-ortho nitro benzene ring substituents is 1. The van der Waals surface area contributed by atoms with Crippen molar-refractivity contribution in [3.8, 4) is 0 Å². The molecule has 0 spiro atoms. The Labute approximate surface area is 166 Å². The van der Waals surface area contributed by atoms with E-state index < -0.39 is 10.8 Å². The maximum absolute atomic E-state index is 12.4. The van der Waals surface area contributed by atoms with Crippen molar-refractivity contribution < 1.29 is 14.5 Å². The molecular weight excluding hydrogens is 384 g/mol. The summed E-state index contributed by atoms with van der Waals surface area (Å²) >= 11 is 6.00. The topological polar surface area (TPSA) is 105 Å². The molecule has 0 aliphatic carbocycles. The average molecular weight is 403 g/mol. The van der Waals surface area contributed by atoms with E-state index in [0.29, 0.717) is 25.2 Å². The molecule has 1 saturated heterocycles. The van der Waals surface area contributed by atoms with Gasteiger partial charge in [-0.3, -0.25) is 24.7 Å². The van der Waals surface area contributed by atoms with Gasteiger partial charge >= 0.3 is 0 Å². The largest absolute Gasteiger partial charge is 0.352 e. The summed E-state index contributed by atoms with van der Waals surface area (Å²) in [5.41, 5.74) is 0.464. The SMILES string of the molecule is O=C(NCC1CCN(C(=O)c2cccnc2)CC1)c1cc([N+](=O)[O-])ccc1Cl. The first-order valence-electron chi connectivity index (χ1n) is 8.87. The fraction of sp³-hybridized carbons (Fsp3) is 0.316. The van der Waals surface area contributed by atoms with Crippen molar-refractivity contribution in [2.75, 3.05) is 19.6 Å². The van der Waals surface area contributed by atoms with Crippen LogP contribution < -0.4 is 5.32 Å². The summed E-state index contributed by atoms with van der Waals surface area (Å²) in [4.78, 5) is 40.8. The Bertz CT molecular complexity index is 883. The van der Waals surface area contributed by atoms with E-state index in [1.807, 2.05) is 0 Å². The summed E-state index contributed by atoms with van der Waals surface area (Å²) in [5.74, 6) is -0.263. The van der Waals surface area contributed by atoms with E-state index >= 15 is 0 Å². The van der Waals surface area contributed by atoms with Gasteiger partial charge in [-0.1, -0.05) is 11.6 Å². The van der Waals surface area contributed by atoms with Crippen LogP contribution >= 0.6 is 11.6 Å².